The number of nitrogens with one attached hydrogen (secondary N) is 1. The van der Waals surface area contributed by atoms with Crippen LogP contribution in [0.4, 0.5) is 5.82 Å². The van der Waals surface area contributed by atoms with Crippen LogP contribution in [0.5, 0.6) is 0 Å². The van der Waals surface area contributed by atoms with E-state index in [0.29, 0.717) is 12.4 Å². The van der Waals surface area contributed by atoms with Gasteiger partial charge in [0.05, 0.1) is 5.38 Å². The Balaban J connectivity index is 2.12. The quantitative estimate of drug-likeness (QED) is 0.863. The molecule has 1 heterocycles. The third-order valence-corrected chi connectivity index (χ3v) is 4.31. The number of alkyl halides is 1. The summed E-state index contributed by atoms with van der Waals surface area (Å²) >= 11 is 6.28. The largest absolute Gasteiger partial charge is 0.367 e. The Bertz CT molecular complexity index is 675. The van der Waals surface area contributed by atoms with Gasteiger partial charge in [-0.3, -0.25) is 0 Å². The van der Waals surface area contributed by atoms with Crippen LogP contribution < -0.4 is 5.32 Å². The van der Waals surface area contributed by atoms with Gasteiger partial charge < -0.3 is 5.32 Å². The van der Waals surface area contributed by atoms with E-state index in [-0.39, 0.29) is 10.3 Å². The Morgan fingerprint density at radius 2 is 1.90 bits per heavy atom. The van der Waals surface area contributed by atoms with Gasteiger partial charge in [-0.2, -0.15) is 0 Å². The summed E-state index contributed by atoms with van der Waals surface area (Å²) in [4.78, 5) is 4.24. The normalized spacial score (nSPS) is 12.9. The van der Waals surface area contributed by atoms with E-state index >= 15 is 0 Å². The summed E-state index contributed by atoms with van der Waals surface area (Å²) in [5.41, 5.74) is 0.971. The summed E-state index contributed by atoms with van der Waals surface area (Å²) in [6.45, 7) is 0.394. The Morgan fingerprint density at radius 1 is 1.20 bits per heavy atom. The van der Waals surface area contributed by atoms with E-state index in [1.807, 2.05) is 30.3 Å². The van der Waals surface area contributed by atoms with Gasteiger partial charge in [-0.15, -0.1) is 11.6 Å². The van der Waals surface area contributed by atoms with Crippen molar-refractivity contribution in [2.45, 2.75) is 10.3 Å². The van der Waals surface area contributed by atoms with Crippen LogP contribution in [0.2, 0.25) is 0 Å². The second-order valence-electron chi connectivity index (χ2n) is 4.38. The number of anilines is 1. The van der Waals surface area contributed by atoms with E-state index in [2.05, 4.69) is 10.3 Å². The molecule has 0 aliphatic heterocycles. The molecule has 0 spiro atoms. The predicted octanol–water partition coefficient (Wildman–Crippen LogP) is 2.88. The van der Waals surface area contributed by atoms with Gasteiger partial charge in [0.1, 0.15) is 10.7 Å². The van der Waals surface area contributed by atoms with Crippen molar-refractivity contribution in [1.82, 2.24) is 4.98 Å². The van der Waals surface area contributed by atoms with Crippen LogP contribution in [-0.4, -0.2) is 26.2 Å². The minimum Gasteiger partial charge on any atom is -0.367 e. The first-order chi connectivity index (χ1) is 9.48. The van der Waals surface area contributed by atoms with Gasteiger partial charge in [0.15, 0.2) is 9.84 Å². The van der Waals surface area contributed by atoms with Crippen molar-refractivity contribution in [2.75, 3.05) is 18.1 Å². The van der Waals surface area contributed by atoms with Crippen molar-refractivity contribution in [3.63, 3.8) is 0 Å². The minimum atomic E-state index is -3.31. The minimum absolute atomic E-state index is 0.178. The lowest BCUT2D eigenvalue weighted by atomic mass is 10.1. The Morgan fingerprint density at radius 3 is 2.55 bits per heavy atom. The predicted molar refractivity (Wildman–Crippen MR) is 80.9 cm³/mol. The molecule has 2 aromatic rings. The molecule has 20 heavy (non-hydrogen) atoms. The zero-order valence-corrected chi connectivity index (χ0v) is 12.5. The van der Waals surface area contributed by atoms with Crippen molar-refractivity contribution in [1.29, 1.82) is 0 Å². The van der Waals surface area contributed by atoms with Crippen molar-refractivity contribution in [3.05, 3.63) is 54.2 Å². The fourth-order valence-corrected chi connectivity index (χ4v) is 2.81. The van der Waals surface area contributed by atoms with E-state index in [0.717, 1.165) is 11.8 Å². The zero-order chi connectivity index (χ0) is 14.6. The van der Waals surface area contributed by atoms with Gasteiger partial charge in [-0.1, -0.05) is 30.3 Å². The Labute approximate surface area is 123 Å². The molecular weight excluding hydrogens is 296 g/mol. The molecule has 4 nitrogen and oxygen atoms in total. The van der Waals surface area contributed by atoms with Crippen LogP contribution in [0, 0.1) is 0 Å². The summed E-state index contributed by atoms with van der Waals surface area (Å²) in [6, 6.07) is 12.7. The molecule has 1 N–H and O–H groups in total. The van der Waals surface area contributed by atoms with Crippen molar-refractivity contribution < 1.29 is 8.42 Å². The fourth-order valence-electron chi connectivity index (χ4n) is 1.79. The number of aromatic nitrogens is 1. The highest BCUT2D eigenvalue weighted by Gasteiger charge is 2.15. The van der Waals surface area contributed by atoms with Gasteiger partial charge in [-0.25, -0.2) is 13.4 Å². The topological polar surface area (TPSA) is 59.1 Å². The number of rotatable bonds is 5. The molecule has 1 aromatic heterocycles. The molecule has 0 aliphatic rings. The number of nitrogens with zero attached hydrogens (tertiary/aromatic N) is 1. The first-order valence-electron chi connectivity index (χ1n) is 6.06. The van der Waals surface area contributed by atoms with Crippen molar-refractivity contribution >= 4 is 27.3 Å². The summed E-state index contributed by atoms with van der Waals surface area (Å²) in [7, 11) is -3.31. The lowest BCUT2D eigenvalue weighted by Gasteiger charge is -2.13. The Kier molecular flexibility index (Phi) is 4.62. The summed E-state index contributed by atoms with van der Waals surface area (Å²) < 4.78 is 23.3. The maximum absolute atomic E-state index is 11.7. The smallest absolute Gasteiger partial charge is 0.179 e. The maximum Gasteiger partial charge on any atom is 0.179 e. The lowest BCUT2D eigenvalue weighted by Crippen LogP contribution is -2.12. The third-order valence-electron chi connectivity index (χ3n) is 2.78. The van der Waals surface area contributed by atoms with Crippen LogP contribution in [0.25, 0.3) is 0 Å². The van der Waals surface area contributed by atoms with Gasteiger partial charge in [0, 0.05) is 19.0 Å². The second kappa shape index (κ2) is 6.24. The van der Waals surface area contributed by atoms with Crippen molar-refractivity contribution in [3.8, 4) is 0 Å². The SMILES string of the molecule is CS(=O)(=O)c1cccnc1NCC(Cl)c1ccccc1. The van der Waals surface area contributed by atoms with E-state index in [1.165, 1.54) is 6.07 Å². The molecule has 0 amide bonds. The number of benzene rings is 1. The summed E-state index contributed by atoms with van der Waals surface area (Å²) in [5, 5.41) is 2.74. The number of pyridine rings is 1. The van der Waals surface area contributed by atoms with Crippen LogP contribution in [0.15, 0.2) is 53.6 Å². The average molecular weight is 311 g/mol. The lowest BCUT2D eigenvalue weighted by molar-refractivity contribution is 0.601. The highest BCUT2D eigenvalue weighted by molar-refractivity contribution is 7.90. The molecule has 0 saturated heterocycles. The average Bonchev–Trinajstić information content (AvgIpc) is 2.45. The first-order valence-corrected chi connectivity index (χ1v) is 8.39. The zero-order valence-electron chi connectivity index (χ0n) is 11.0. The van der Waals surface area contributed by atoms with Crippen molar-refractivity contribution in [2.24, 2.45) is 0 Å². The third kappa shape index (κ3) is 3.71. The maximum atomic E-state index is 11.7. The van der Waals surface area contributed by atoms with Gasteiger partial charge in [0.2, 0.25) is 0 Å². The molecule has 6 heteroatoms. The summed E-state index contributed by atoms with van der Waals surface area (Å²) in [6.07, 6.45) is 2.70. The van der Waals surface area contributed by atoms with E-state index in [1.54, 1.807) is 12.3 Å². The molecule has 1 aromatic carbocycles. The number of sulfone groups is 1. The molecule has 106 valence electrons. The monoisotopic (exact) mass is 310 g/mol. The van der Waals surface area contributed by atoms with Crippen LogP contribution in [-0.2, 0) is 9.84 Å². The molecule has 0 aliphatic carbocycles. The summed E-state index contributed by atoms with van der Waals surface area (Å²) in [5.74, 6) is 0.330. The molecule has 2 rings (SSSR count). The van der Waals surface area contributed by atoms with Gasteiger partial charge >= 0.3 is 0 Å². The van der Waals surface area contributed by atoms with E-state index < -0.39 is 9.84 Å². The molecular formula is C14H15ClN2O2S. The van der Waals surface area contributed by atoms with Crippen LogP contribution in [0.1, 0.15) is 10.9 Å². The van der Waals surface area contributed by atoms with Crippen LogP contribution in [0.3, 0.4) is 0 Å². The highest BCUT2D eigenvalue weighted by atomic mass is 35.5. The van der Waals surface area contributed by atoms with E-state index in [9.17, 15) is 8.42 Å². The van der Waals surface area contributed by atoms with Gasteiger partial charge in [0.25, 0.3) is 0 Å². The number of halogens is 1. The number of hydrogen-bond acceptors (Lipinski definition) is 4. The Hall–Kier alpha value is -1.59. The molecule has 1 atom stereocenters. The molecule has 1 unspecified atom stereocenters. The molecule has 0 saturated carbocycles. The fraction of sp³-hybridized carbons (Fsp3) is 0.214. The molecule has 0 fully saturated rings. The standard InChI is InChI=1S/C14H15ClN2O2S/c1-20(18,19)13-8-5-9-16-14(13)17-10-12(15)11-6-3-2-4-7-11/h2-9,12H,10H2,1H3,(H,16,17). The molecule has 0 bridgehead atoms. The number of hydrogen-bond donors (Lipinski definition) is 1. The first kappa shape index (κ1) is 14.8. The molecule has 0 radical (unpaired) electrons. The van der Waals surface area contributed by atoms with Gasteiger partial charge in [-0.05, 0) is 17.7 Å². The van der Waals surface area contributed by atoms with Crippen LogP contribution >= 0.6 is 11.6 Å². The second-order valence-corrected chi connectivity index (χ2v) is 6.89. The van der Waals surface area contributed by atoms with E-state index in [4.69, 9.17) is 11.6 Å². The highest BCUT2D eigenvalue weighted by Crippen LogP contribution is 2.23.